The summed E-state index contributed by atoms with van der Waals surface area (Å²) < 4.78 is 0. The molecule has 1 aromatic carbocycles. The topological polar surface area (TPSA) is 69.6 Å². The number of piperazine rings is 1. The molecule has 7 nitrogen and oxygen atoms in total. The van der Waals surface area contributed by atoms with Gasteiger partial charge < -0.3 is 14.7 Å². The Bertz CT molecular complexity index is 905. The van der Waals surface area contributed by atoms with Crippen LogP contribution in [0, 0.1) is 0 Å². The molecule has 1 atom stereocenters. The predicted molar refractivity (Wildman–Crippen MR) is 110 cm³/mol. The molecule has 1 spiro atoms. The van der Waals surface area contributed by atoms with Gasteiger partial charge in [-0.05, 0) is 50.1 Å². The third kappa shape index (κ3) is 3.55. The molecular weight excluding hydrogens is 390 g/mol. The summed E-state index contributed by atoms with van der Waals surface area (Å²) in [6.07, 6.45) is 2.18. The van der Waals surface area contributed by atoms with Gasteiger partial charge in [-0.3, -0.25) is 9.59 Å². The van der Waals surface area contributed by atoms with Crippen LogP contribution < -0.4 is 4.90 Å². The van der Waals surface area contributed by atoms with Gasteiger partial charge in [0.1, 0.15) is 12.1 Å². The monoisotopic (exact) mass is 413 g/mol. The molecule has 2 saturated heterocycles. The maximum atomic E-state index is 13.6. The summed E-state index contributed by atoms with van der Waals surface area (Å²) in [6, 6.07) is 11.1. The first-order chi connectivity index (χ1) is 13.9. The molecule has 152 valence electrons. The molecule has 0 bridgehead atoms. The second kappa shape index (κ2) is 7.63. The van der Waals surface area contributed by atoms with E-state index in [9.17, 15) is 9.59 Å². The van der Waals surface area contributed by atoms with Crippen molar-refractivity contribution in [3.63, 3.8) is 0 Å². The Morgan fingerprint density at radius 3 is 2.59 bits per heavy atom. The van der Waals surface area contributed by atoms with Crippen LogP contribution in [0.3, 0.4) is 0 Å². The number of rotatable bonds is 4. The van der Waals surface area contributed by atoms with Gasteiger partial charge in [0, 0.05) is 30.4 Å². The minimum absolute atomic E-state index is 0.00690. The highest BCUT2D eigenvalue weighted by atomic mass is 35.5. The molecule has 0 radical (unpaired) electrons. The Labute approximate surface area is 175 Å². The summed E-state index contributed by atoms with van der Waals surface area (Å²) in [6.45, 7) is 5.43. The zero-order valence-corrected chi connectivity index (χ0v) is 17.3. The van der Waals surface area contributed by atoms with Gasteiger partial charge in [-0.25, -0.2) is 0 Å². The number of carbonyl (C=O) groups is 2. The van der Waals surface area contributed by atoms with Gasteiger partial charge >= 0.3 is 0 Å². The number of carbonyl (C=O) groups excluding carboxylic acids is 2. The summed E-state index contributed by atoms with van der Waals surface area (Å²) in [5, 5.41) is 8.79. The van der Waals surface area contributed by atoms with Crippen LogP contribution in [0.1, 0.15) is 25.8 Å². The molecule has 2 aromatic rings. The van der Waals surface area contributed by atoms with E-state index < -0.39 is 5.54 Å². The molecule has 0 aliphatic carbocycles. The molecule has 2 aliphatic heterocycles. The molecular formula is C21H24ClN5O2. The van der Waals surface area contributed by atoms with E-state index in [2.05, 4.69) is 10.2 Å². The molecule has 0 N–H and O–H groups in total. The van der Waals surface area contributed by atoms with Crippen molar-refractivity contribution in [1.29, 1.82) is 0 Å². The number of halogens is 1. The van der Waals surface area contributed by atoms with Crippen LogP contribution in [-0.2, 0) is 16.1 Å². The smallest absolute Gasteiger partial charge is 0.251 e. The molecule has 4 rings (SSSR count). The Morgan fingerprint density at radius 1 is 1.17 bits per heavy atom. The standard InChI is InChI=1S/C21H24ClN5O2/c1-15(2)26-13-19(28)27(12-16-5-7-17(22)8-6-16)21(20(26)29)9-11-25(14-21)18-4-3-10-23-24-18/h3-8,10,15H,9,11-14H2,1-2H3/t21-/m0/s1. The molecule has 29 heavy (non-hydrogen) atoms. The largest absolute Gasteiger partial charge is 0.352 e. The van der Waals surface area contributed by atoms with Crippen LogP contribution in [0.15, 0.2) is 42.6 Å². The van der Waals surface area contributed by atoms with Crippen molar-refractivity contribution in [3.05, 3.63) is 53.2 Å². The lowest BCUT2D eigenvalue weighted by Crippen LogP contribution is -2.69. The minimum atomic E-state index is -0.906. The summed E-state index contributed by atoms with van der Waals surface area (Å²) in [5.41, 5.74) is 0.0439. The molecule has 2 aliphatic rings. The van der Waals surface area contributed by atoms with Crippen molar-refractivity contribution in [2.75, 3.05) is 24.5 Å². The summed E-state index contributed by atoms with van der Waals surface area (Å²) in [5.74, 6) is 0.694. The molecule has 8 heteroatoms. The van der Waals surface area contributed by atoms with Crippen molar-refractivity contribution >= 4 is 29.2 Å². The highest BCUT2D eigenvalue weighted by molar-refractivity contribution is 6.30. The fourth-order valence-electron chi connectivity index (χ4n) is 4.20. The minimum Gasteiger partial charge on any atom is -0.352 e. The van der Waals surface area contributed by atoms with Crippen LogP contribution in [0.5, 0.6) is 0 Å². The van der Waals surface area contributed by atoms with E-state index in [0.717, 1.165) is 11.4 Å². The summed E-state index contributed by atoms with van der Waals surface area (Å²) in [7, 11) is 0. The molecule has 3 heterocycles. The van der Waals surface area contributed by atoms with E-state index in [1.807, 2.05) is 43.0 Å². The van der Waals surface area contributed by atoms with Crippen molar-refractivity contribution in [3.8, 4) is 0 Å². The highest BCUT2D eigenvalue weighted by Gasteiger charge is 2.56. The van der Waals surface area contributed by atoms with Gasteiger partial charge in [-0.1, -0.05) is 23.7 Å². The zero-order valence-electron chi connectivity index (χ0n) is 16.6. The first-order valence-electron chi connectivity index (χ1n) is 9.79. The third-order valence-corrected chi connectivity index (χ3v) is 6.04. The van der Waals surface area contributed by atoms with E-state index in [1.54, 1.807) is 28.1 Å². The van der Waals surface area contributed by atoms with Gasteiger partial charge in [-0.15, -0.1) is 5.10 Å². The van der Waals surface area contributed by atoms with Gasteiger partial charge in [-0.2, -0.15) is 5.10 Å². The van der Waals surface area contributed by atoms with Gasteiger partial charge in [0.05, 0.1) is 6.54 Å². The normalized spacial score (nSPS) is 22.3. The highest BCUT2D eigenvalue weighted by Crippen LogP contribution is 2.37. The fourth-order valence-corrected chi connectivity index (χ4v) is 4.33. The Morgan fingerprint density at radius 2 is 1.93 bits per heavy atom. The number of amides is 2. The van der Waals surface area contributed by atoms with Crippen LogP contribution in [0.2, 0.25) is 5.02 Å². The quantitative estimate of drug-likeness (QED) is 0.769. The lowest BCUT2D eigenvalue weighted by atomic mass is 9.89. The van der Waals surface area contributed by atoms with Crippen molar-refractivity contribution < 1.29 is 9.59 Å². The maximum Gasteiger partial charge on any atom is 0.251 e. The molecule has 0 unspecified atom stereocenters. The second-order valence-corrected chi connectivity index (χ2v) is 8.35. The van der Waals surface area contributed by atoms with E-state index in [1.165, 1.54) is 0 Å². The zero-order chi connectivity index (χ0) is 20.6. The lowest BCUT2D eigenvalue weighted by Gasteiger charge is -2.48. The lowest BCUT2D eigenvalue weighted by molar-refractivity contribution is -0.166. The van der Waals surface area contributed by atoms with E-state index in [4.69, 9.17) is 11.6 Å². The van der Waals surface area contributed by atoms with Gasteiger partial charge in [0.15, 0.2) is 5.82 Å². The van der Waals surface area contributed by atoms with E-state index >= 15 is 0 Å². The van der Waals surface area contributed by atoms with Crippen molar-refractivity contribution in [1.82, 2.24) is 20.0 Å². The van der Waals surface area contributed by atoms with Crippen LogP contribution in [0.25, 0.3) is 0 Å². The number of aromatic nitrogens is 2. The molecule has 2 fully saturated rings. The molecule has 0 saturated carbocycles. The second-order valence-electron chi connectivity index (χ2n) is 7.92. The SMILES string of the molecule is CC(C)N1CC(=O)N(Cc2ccc(Cl)cc2)[C@]2(CCN(c3cccnn3)C2)C1=O. The fraction of sp³-hybridized carbons (Fsp3) is 0.429. The van der Waals surface area contributed by atoms with Gasteiger partial charge in [0.2, 0.25) is 5.91 Å². The number of nitrogens with zero attached hydrogens (tertiary/aromatic N) is 5. The van der Waals surface area contributed by atoms with Crippen LogP contribution >= 0.6 is 11.6 Å². The Kier molecular flexibility index (Phi) is 5.17. The third-order valence-electron chi connectivity index (χ3n) is 5.79. The maximum absolute atomic E-state index is 13.6. The first-order valence-corrected chi connectivity index (χ1v) is 10.2. The average Bonchev–Trinajstić information content (AvgIpc) is 3.16. The van der Waals surface area contributed by atoms with Crippen molar-refractivity contribution in [2.24, 2.45) is 0 Å². The predicted octanol–water partition coefficient (Wildman–Crippen LogP) is 2.36. The summed E-state index contributed by atoms with van der Waals surface area (Å²) >= 11 is 6.01. The number of anilines is 1. The number of hydrogen-bond donors (Lipinski definition) is 0. The number of benzene rings is 1. The summed E-state index contributed by atoms with van der Waals surface area (Å²) in [4.78, 5) is 32.3. The van der Waals surface area contributed by atoms with E-state index in [0.29, 0.717) is 31.1 Å². The van der Waals surface area contributed by atoms with Gasteiger partial charge in [0.25, 0.3) is 5.91 Å². The van der Waals surface area contributed by atoms with Crippen LogP contribution in [-0.4, -0.2) is 63.0 Å². The molecule has 2 amide bonds. The molecule has 1 aromatic heterocycles. The van der Waals surface area contributed by atoms with Crippen LogP contribution in [0.4, 0.5) is 5.82 Å². The van der Waals surface area contributed by atoms with E-state index in [-0.39, 0.29) is 24.4 Å². The Hall–Kier alpha value is -2.67. The number of hydrogen-bond acceptors (Lipinski definition) is 5. The van der Waals surface area contributed by atoms with Crippen molar-refractivity contribution in [2.45, 2.75) is 38.4 Å². The Balaban J connectivity index is 1.69. The first kappa shape index (κ1) is 19.6. The average molecular weight is 414 g/mol.